The summed E-state index contributed by atoms with van der Waals surface area (Å²) in [6, 6.07) is 7.51. The molecule has 0 radical (unpaired) electrons. The number of hydrogen-bond donors (Lipinski definition) is 2. The molecule has 1 fully saturated rings. The highest BCUT2D eigenvalue weighted by Crippen LogP contribution is 2.43. The Kier molecular flexibility index (Phi) is 3.10. The lowest BCUT2D eigenvalue weighted by Crippen LogP contribution is -2.28. The number of nitrogens with zero attached hydrogens (tertiary/aromatic N) is 1. The highest BCUT2D eigenvalue weighted by atomic mass is 16.2. The quantitative estimate of drug-likeness (QED) is 0.819. The smallest absolute Gasteiger partial charge is 0.248 e. The number of anilines is 1. The summed E-state index contributed by atoms with van der Waals surface area (Å²) in [6.07, 6.45) is 4.05. The van der Waals surface area contributed by atoms with Crippen molar-refractivity contribution in [1.82, 2.24) is 5.43 Å². The van der Waals surface area contributed by atoms with Crippen molar-refractivity contribution in [1.29, 1.82) is 0 Å². The largest absolute Gasteiger partial charge is 0.323 e. The molecule has 3 rings (SSSR count). The fourth-order valence-corrected chi connectivity index (χ4v) is 2.41. The Bertz CT molecular complexity index is 617. The standard InChI is InChI=1S/C15H15N3O2/c1-2-3-13(19)16-10-6-4-9(5-7-10)14-11-8-12(11)15(20)18-17-14/h2-7,11-12H,8H2,1H3,(H,16,19)(H,18,20)/b3-2+. The van der Waals surface area contributed by atoms with Crippen LogP contribution in [0, 0.1) is 11.8 Å². The van der Waals surface area contributed by atoms with Gasteiger partial charge in [-0.15, -0.1) is 0 Å². The van der Waals surface area contributed by atoms with E-state index in [9.17, 15) is 9.59 Å². The van der Waals surface area contributed by atoms with Gasteiger partial charge in [-0.2, -0.15) is 5.10 Å². The number of fused-ring (bicyclic) bond motifs is 1. The van der Waals surface area contributed by atoms with E-state index in [1.807, 2.05) is 24.3 Å². The van der Waals surface area contributed by atoms with E-state index in [1.165, 1.54) is 6.08 Å². The lowest BCUT2D eigenvalue weighted by molar-refractivity contribution is -0.122. The molecule has 5 heteroatoms. The Morgan fingerprint density at radius 2 is 2.10 bits per heavy atom. The molecule has 1 aliphatic carbocycles. The number of rotatable bonds is 3. The maximum Gasteiger partial charge on any atom is 0.248 e. The fraction of sp³-hybridized carbons (Fsp3) is 0.267. The van der Waals surface area contributed by atoms with Crippen LogP contribution < -0.4 is 10.7 Å². The van der Waals surface area contributed by atoms with Crippen molar-refractivity contribution in [2.24, 2.45) is 16.9 Å². The number of amides is 2. The van der Waals surface area contributed by atoms with Gasteiger partial charge in [-0.1, -0.05) is 18.2 Å². The molecule has 2 amide bonds. The van der Waals surface area contributed by atoms with Crippen LogP contribution in [0.25, 0.3) is 0 Å². The zero-order valence-corrected chi connectivity index (χ0v) is 11.1. The molecule has 2 atom stereocenters. The monoisotopic (exact) mass is 269 g/mol. The maximum absolute atomic E-state index is 11.4. The van der Waals surface area contributed by atoms with Gasteiger partial charge in [0, 0.05) is 17.5 Å². The zero-order chi connectivity index (χ0) is 14.1. The van der Waals surface area contributed by atoms with Gasteiger partial charge in [0.15, 0.2) is 0 Å². The normalized spacial score (nSPS) is 23.9. The molecule has 1 saturated carbocycles. The zero-order valence-electron chi connectivity index (χ0n) is 11.1. The maximum atomic E-state index is 11.4. The molecule has 2 unspecified atom stereocenters. The van der Waals surface area contributed by atoms with E-state index >= 15 is 0 Å². The van der Waals surface area contributed by atoms with Crippen LogP contribution in [0.15, 0.2) is 41.5 Å². The number of allylic oxidation sites excluding steroid dienone is 1. The first kappa shape index (κ1) is 12.6. The van der Waals surface area contributed by atoms with E-state index < -0.39 is 0 Å². The van der Waals surface area contributed by atoms with Gasteiger partial charge < -0.3 is 5.32 Å². The molecular weight excluding hydrogens is 254 g/mol. The van der Waals surface area contributed by atoms with Gasteiger partial charge in [-0.05, 0) is 37.1 Å². The molecule has 2 N–H and O–H groups in total. The van der Waals surface area contributed by atoms with E-state index in [0.29, 0.717) is 0 Å². The molecule has 102 valence electrons. The molecule has 2 aliphatic rings. The third kappa shape index (κ3) is 2.34. The molecule has 0 bridgehead atoms. The first-order valence-corrected chi connectivity index (χ1v) is 6.60. The number of nitrogens with one attached hydrogen (secondary N) is 2. The number of hydrogen-bond acceptors (Lipinski definition) is 3. The van der Waals surface area contributed by atoms with Crippen molar-refractivity contribution >= 4 is 23.2 Å². The molecule has 20 heavy (non-hydrogen) atoms. The molecule has 1 aromatic carbocycles. The molecular formula is C15H15N3O2. The van der Waals surface area contributed by atoms with E-state index in [-0.39, 0.29) is 23.7 Å². The van der Waals surface area contributed by atoms with Crippen molar-refractivity contribution in [3.8, 4) is 0 Å². The summed E-state index contributed by atoms with van der Waals surface area (Å²) < 4.78 is 0. The minimum Gasteiger partial charge on any atom is -0.323 e. The van der Waals surface area contributed by atoms with E-state index in [0.717, 1.165) is 23.4 Å². The lowest BCUT2D eigenvalue weighted by atomic mass is 10.0. The summed E-state index contributed by atoms with van der Waals surface area (Å²) in [5.41, 5.74) is 5.22. The predicted molar refractivity (Wildman–Crippen MR) is 76.2 cm³/mol. The third-order valence-electron chi connectivity index (χ3n) is 3.53. The van der Waals surface area contributed by atoms with E-state index in [1.54, 1.807) is 13.0 Å². The second kappa shape index (κ2) is 4.92. The Balaban J connectivity index is 1.74. The molecule has 1 aromatic rings. The van der Waals surface area contributed by atoms with Gasteiger partial charge in [-0.25, -0.2) is 5.43 Å². The van der Waals surface area contributed by atoms with Crippen LogP contribution in [0.4, 0.5) is 5.69 Å². The Morgan fingerprint density at radius 1 is 1.35 bits per heavy atom. The third-order valence-corrected chi connectivity index (χ3v) is 3.53. The van der Waals surface area contributed by atoms with Gasteiger partial charge in [0.05, 0.1) is 5.71 Å². The Labute approximate surface area is 116 Å². The first-order chi connectivity index (χ1) is 9.69. The van der Waals surface area contributed by atoms with Crippen molar-refractivity contribution in [2.45, 2.75) is 13.3 Å². The van der Waals surface area contributed by atoms with Crippen molar-refractivity contribution in [3.63, 3.8) is 0 Å². The van der Waals surface area contributed by atoms with Crippen LogP contribution in [0.2, 0.25) is 0 Å². The van der Waals surface area contributed by atoms with Gasteiger partial charge in [-0.3, -0.25) is 9.59 Å². The lowest BCUT2D eigenvalue weighted by Gasteiger charge is -2.12. The molecule has 0 aromatic heterocycles. The second-order valence-corrected chi connectivity index (χ2v) is 4.99. The molecule has 0 spiro atoms. The molecule has 1 aliphatic heterocycles. The minimum absolute atomic E-state index is 0.0222. The average molecular weight is 269 g/mol. The number of carbonyl (C=O) groups is 2. The highest BCUT2D eigenvalue weighted by molar-refractivity contribution is 6.09. The van der Waals surface area contributed by atoms with Crippen molar-refractivity contribution in [3.05, 3.63) is 42.0 Å². The number of benzene rings is 1. The number of carbonyl (C=O) groups excluding carboxylic acids is 2. The van der Waals surface area contributed by atoms with Crippen LogP contribution >= 0.6 is 0 Å². The molecule has 1 heterocycles. The topological polar surface area (TPSA) is 70.6 Å². The molecule has 5 nitrogen and oxygen atoms in total. The van der Waals surface area contributed by atoms with Gasteiger partial charge >= 0.3 is 0 Å². The highest BCUT2D eigenvalue weighted by Gasteiger charge is 2.49. The van der Waals surface area contributed by atoms with Gasteiger partial charge in [0.1, 0.15) is 0 Å². The van der Waals surface area contributed by atoms with Crippen molar-refractivity contribution < 1.29 is 9.59 Å². The number of hydrazone groups is 1. The van der Waals surface area contributed by atoms with Crippen LogP contribution in [0.1, 0.15) is 18.9 Å². The van der Waals surface area contributed by atoms with Crippen LogP contribution in [-0.4, -0.2) is 17.5 Å². The van der Waals surface area contributed by atoms with Crippen LogP contribution in [-0.2, 0) is 9.59 Å². The Morgan fingerprint density at radius 3 is 2.80 bits per heavy atom. The van der Waals surface area contributed by atoms with Crippen molar-refractivity contribution in [2.75, 3.05) is 5.32 Å². The average Bonchev–Trinajstić information content (AvgIpc) is 3.22. The fourth-order valence-electron chi connectivity index (χ4n) is 2.41. The van der Waals surface area contributed by atoms with Crippen LogP contribution in [0.5, 0.6) is 0 Å². The first-order valence-electron chi connectivity index (χ1n) is 6.60. The predicted octanol–water partition coefficient (Wildman–Crippen LogP) is 1.67. The summed E-state index contributed by atoms with van der Waals surface area (Å²) in [7, 11) is 0. The van der Waals surface area contributed by atoms with E-state index in [2.05, 4.69) is 15.8 Å². The summed E-state index contributed by atoms with van der Waals surface area (Å²) >= 11 is 0. The Hall–Kier alpha value is -2.43. The SMILES string of the molecule is C/C=C/C(=O)Nc1ccc(C2=NNC(=O)C3CC23)cc1. The van der Waals surface area contributed by atoms with Gasteiger partial charge in [0.25, 0.3) is 0 Å². The minimum atomic E-state index is -0.148. The van der Waals surface area contributed by atoms with Crippen LogP contribution in [0.3, 0.4) is 0 Å². The van der Waals surface area contributed by atoms with E-state index in [4.69, 9.17) is 0 Å². The summed E-state index contributed by atoms with van der Waals surface area (Å²) in [5.74, 6) is 0.225. The summed E-state index contributed by atoms with van der Waals surface area (Å²) in [5, 5.41) is 6.91. The molecule has 0 saturated heterocycles. The van der Waals surface area contributed by atoms with Gasteiger partial charge in [0.2, 0.25) is 11.8 Å². The second-order valence-electron chi connectivity index (χ2n) is 4.99. The summed E-state index contributed by atoms with van der Waals surface area (Å²) in [6.45, 7) is 1.80. The summed E-state index contributed by atoms with van der Waals surface area (Å²) in [4.78, 5) is 22.8.